The Bertz CT molecular complexity index is 795. The third kappa shape index (κ3) is 4.60. The summed E-state index contributed by atoms with van der Waals surface area (Å²) in [6.45, 7) is 2.03. The van der Waals surface area contributed by atoms with Crippen molar-refractivity contribution >= 4 is 5.69 Å². The summed E-state index contributed by atoms with van der Waals surface area (Å²) in [6, 6.07) is 9.98. The highest BCUT2D eigenvalue weighted by molar-refractivity contribution is 5.33. The molecule has 1 aliphatic rings. The largest absolute Gasteiger partial charge is 0.477 e. The Labute approximate surface area is 156 Å². The van der Waals surface area contributed by atoms with Gasteiger partial charge < -0.3 is 19.7 Å². The standard InChI is InChI=1S/C19H22N2O6/c1-12-15(17-10-16(23)18(11-22)27-17)6-7-19(20-12)26-9-8-13-2-4-14(5-3-13)21(24)25/h2-7,16-18,22-23H,8-11H2,1H3/t16-,17+,18+/m0/s1. The van der Waals surface area contributed by atoms with Gasteiger partial charge in [-0.3, -0.25) is 10.1 Å². The number of aryl methyl sites for hydroxylation is 1. The highest BCUT2D eigenvalue weighted by Crippen LogP contribution is 2.34. The number of non-ortho nitro benzene ring substituents is 1. The van der Waals surface area contributed by atoms with Crippen LogP contribution >= 0.6 is 0 Å². The Morgan fingerprint density at radius 2 is 2.04 bits per heavy atom. The number of hydrogen-bond acceptors (Lipinski definition) is 7. The van der Waals surface area contributed by atoms with Gasteiger partial charge in [0.1, 0.15) is 6.10 Å². The molecule has 0 radical (unpaired) electrons. The minimum absolute atomic E-state index is 0.0650. The van der Waals surface area contributed by atoms with Crippen LogP contribution in [0.3, 0.4) is 0 Å². The number of hydrogen-bond donors (Lipinski definition) is 2. The molecule has 1 fully saturated rings. The third-order valence-electron chi connectivity index (χ3n) is 4.64. The van der Waals surface area contributed by atoms with Crippen molar-refractivity contribution in [1.29, 1.82) is 0 Å². The fourth-order valence-corrected chi connectivity index (χ4v) is 3.12. The van der Waals surface area contributed by atoms with Crippen LogP contribution in [0.25, 0.3) is 0 Å². The number of nitro groups is 1. The lowest BCUT2D eigenvalue weighted by Gasteiger charge is -2.15. The van der Waals surface area contributed by atoms with E-state index >= 15 is 0 Å². The molecule has 2 aromatic rings. The summed E-state index contributed by atoms with van der Waals surface area (Å²) in [5.41, 5.74) is 2.62. The van der Waals surface area contributed by atoms with E-state index < -0.39 is 17.1 Å². The van der Waals surface area contributed by atoms with Crippen molar-refractivity contribution in [3.63, 3.8) is 0 Å². The van der Waals surface area contributed by atoms with E-state index in [4.69, 9.17) is 9.47 Å². The quantitative estimate of drug-likeness (QED) is 0.563. The lowest BCUT2D eigenvalue weighted by molar-refractivity contribution is -0.384. The molecule has 2 N–H and O–H groups in total. The van der Waals surface area contributed by atoms with Gasteiger partial charge in [-0.2, -0.15) is 0 Å². The van der Waals surface area contributed by atoms with Crippen molar-refractivity contribution in [1.82, 2.24) is 4.98 Å². The molecule has 0 unspecified atom stereocenters. The van der Waals surface area contributed by atoms with Crippen LogP contribution in [0, 0.1) is 17.0 Å². The molecule has 1 aromatic heterocycles. The highest BCUT2D eigenvalue weighted by Gasteiger charge is 2.35. The maximum atomic E-state index is 10.7. The summed E-state index contributed by atoms with van der Waals surface area (Å²) < 4.78 is 11.3. The summed E-state index contributed by atoms with van der Waals surface area (Å²) in [5.74, 6) is 0.482. The molecule has 2 heterocycles. The molecule has 1 saturated heterocycles. The number of aliphatic hydroxyl groups is 2. The van der Waals surface area contributed by atoms with Crippen molar-refractivity contribution in [2.45, 2.75) is 38.1 Å². The van der Waals surface area contributed by atoms with Crippen LogP contribution in [0.4, 0.5) is 5.69 Å². The van der Waals surface area contributed by atoms with Gasteiger partial charge in [-0.25, -0.2) is 4.98 Å². The zero-order chi connectivity index (χ0) is 19.4. The molecule has 27 heavy (non-hydrogen) atoms. The van der Waals surface area contributed by atoms with E-state index in [0.29, 0.717) is 25.3 Å². The molecule has 3 atom stereocenters. The first-order valence-electron chi connectivity index (χ1n) is 8.76. The van der Waals surface area contributed by atoms with Crippen molar-refractivity contribution in [3.8, 4) is 5.88 Å². The first-order valence-corrected chi connectivity index (χ1v) is 8.76. The predicted molar refractivity (Wildman–Crippen MR) is 96.6 cm³/mol. The second kappa shape index (κ2) is 8.43. The zero-order valence-corrected chi connectivity index (χ0v) is 14.9. The van der Waals surface area contributed by atoms with Gasteiger partial charge in [-0.1, -0.05) is 12.1 Å². The van der Waals surface area contributed by atoms with Gasteiger partial charge in [0.25, 0.3) is 5.69 Å². The Morgan fingerprint density at radius 1 is 1.30 bits per heavy atom. The van der Waals surface area contributed by atoms with Gasteiger partial charge in [0, 0.05) is 42.3 Å². The van der Waals surface area contributed by atoms with Crippen LogP contribution in [0.5, 0.6) is 5.88 Å². The fraction of sp³-hybridized carbons (Fsp3) is 0.421. The minimum atomic E-state index is -0.683. The number of aromatic nitrogens is 1. The summed E-state index contributed by atoms with van der Waals surface area (Å²) in [5, 5.41) is 29.7. The van der Waals surface area contributed by atoms with Crippen LogP contribution in [0.2, 0.25) is 0 Å². The molecule has 0 amide bonds. The maximum Gasteiger partial charge on any atom is 0.269 e. The molecule has 0 saturated carbocycles. The second-order valence-electron chi connectivity index (χ2n) is 6.49. The molecule has 3 rings (SSSR count). The normalized spacial score (nSPS) is 22.0. The van der Waals surface area contributed by atoms with Gasteiger partial charge in [-0.05, 0) is 18.6 Å². The predicted octanol–water partition coefficient (Wildman–Crippen LogP) is 2.10. The molecule has 8 heteroatoms. The van der Waals surface area contributed by atoms with Crippen LogP contribution in [-0.4, -0.2) is 45.5 Å². The van der Waals surface area contributed by atoms with Crippen LogP contribution in [0.1, 0.15) is 29.3 Å². The maximum absolute atomic E-state index is 10.7. The van der Waals surface area contributed by atoms with E-state index in [1.54, 1.807) is 18.2 Å². The Balaban J connectivity index is 1.55. The van der Waals surface area contributed by atoms with E-state index in [0.717, 1.165) is 16.8 Å². The van der Waals surface area contributed by atoms with Crippen molar-refractivity contribution in [2.75, 3.05) is 13.2 Å². The SMILES string of the molecule is Cc1nc(OCCc2ccc([N+](=O)[O-])cc2)ccc1[C@H]1C[C@H](O)[C@@H](CO)O1. The first kappa shape index (κ1) is 19.2. The number of ether oxygens (including phenoxy) is 2. The van der Waals surface area contributed by atoms with E-state index in [1.807, 2.05) is 13.0 Å². The topological polar surface area (TPSA) is 115 Å². The number of pyridine rings is 1. The van der Waals surface area contributed by atoms with Gasteiger partial charge in [0.15, 0.2) is 0 Å². The second-order valence-corrected chi connectivity index (χ2v) is 6.49. The highest BCUT2D eigenvalue weighted by atomic mass is 16.6. The molecule has 0 spiro atoms. The number of aliphatic hydroxyl groups excluding tert-OH is 2. The first-order chi connectivity index (χ1) is 13.0. The number of nitrogens with zero attached hydrogens (tertiary/aromatic N) is 2. The Morgan fingerprint density at radius 3 is 2.63 bits per heavy atom. The smallest absolute Gasteiger partial charge is 0.269 e. The summed E-state index contributed by atoms with van der Waals surface area (Å²) >= 11 is 0. The van der Waals surface area contributed by atoms with E-state index in [-0.39, 0.29) is 18.4 Å². The fourth-order valence-electron chi connectivity index (χ4n) is 3.12. The van der Waals surface area contributed by atoms with Crippen LogP contribution < -0.4 is 4.74 Å². The average Bonchev–Trinajstić information content (AvgIpc) is 3.02. The van der Waals surface area contributed by atoms with Gasteiger partial charge >= 0.3 is 0 Å². The van der Waals surface area contributed by atoms with Crippen molar-refractivity contribution < 1.29 is 24.6 Å². The molecule has 1 aliphatic heterocycles. The van der Waals surface area contributed by atoms with E-state index in [1.165, 1.54) is 12.1 Å². The molecule has 0 bridgehead atoms. The lowest BCUT2D eigenvalue weighted by Crippen LogP contribution is -2.24. The third-order valence-corrected chi connectivity index (χ3v) is 4.64. The number of benzene rings is 1. The Hall–Kier alpha value is -2.55. The summed E-state index contributed by atoms with van der Waals surface area (Å²) in [6.07, 6.45) is -0.507. The average molecular weight is 374 g/mol. The monoisotopic (exact) mass is 374 g/mol. The summed E-state index contributed by atoms with van der Waals surface area (Å²) in [4.78, 5) is 14.7. The molecule has 0 aliphatic carbocycles. The molecule has 8 nitrogen and oxygen atoms in total. The van der Waals surface area contributed by atoms with Gasteiger partial charge in [0.05, 0.1) is 30.3 Å². The van der Waals surface area contributed by atoms with E-state index in [2.05, 4.69) is 4.98 Å². The molecular weight excluding hydrogens is 352 g/mol. The summed E-state index contributed by atoms with van der Waals surface area (Å²) in [7, 11) is 0. The van der Waals surface area contributed by atoms with Gasteiger partial charge in [-0.15, -0.1) is 0 Å². The van der Waals surface area contributed by atoms with E-state index in [9.17, 15) is 20.3 Å². The minimum Gasteiger partial charge on any atom is -0.477 e. The van der Waals surface area contributed by atoms with Crippen LogP contribution in [0.15, 0.2) is 36.4 Å². The molecule has 144 valence electrons. The lowest BCUT2D eigenvalue weighted by atomic mass is 10.0. The van der Waals surface area contributed by atoms with Crippen molar-refractivity contribution in [2.24, 2.45) is 0 Å². The van der Waals surface area contributed by atoms with Gasteiger partial charge in [0.2, 0.25) is 5.88 Å². The number of rotatable bonds is 7. The number of nitro benzene ring substituents is 1. The molecular formula is C19H22N2O6. The van der Waals surface area contributed by atoms with Crippen molar-refractivity contribution in [3.05, 3.63) is 63.3 Å². The molecule has 1 aromatic carbocycles. The zero-order valence-electron chi connectivity index (χ0n) is 14.9. The van der Waals surface area contributed by atoms with Crippen LogP contribution in [-0.2, 0) is 11.2 Å². The Kier molecular flexibility index (Phi) is 6.00.